The van der Waals surface area contributed by atoms with Gasteiger partial charge < -0.3 is 5.73 Å². The van der Waals surface area contributed by atoms with Crippen LogP contribution in [0.4, 0.5) is 5.69 Å². The normalized spacial score (nSPS) is 26.5. The van der Waals surface area contributed by atoms with E-state index in [2.05, 4.69) is 19.1 Å². The molecule has 2 N–H and O–H groups in total. The Bertz CT molecular complexity index is 302. The van der Waals surface area contributed by atoms with Gasteiger partial charge in [0.05, 0.1) is 0 Å². The Labute approximate surface area is 92.7 Å². The third-order valence-corrected chi connectivity index (χ3v) is 3.77. The quantitative estimate of drug-likeness (QED) is 0.723. The zero-order chi connectivity index (χ0) is 10.7. The average molecular weight is 203 g/mol. The molecule has 1 aliphatic carbocycles. The van der Waals surface area contributed by atoms with Crippen LogP contribution < -0.4 is 5.73 Å². The molecule has 2 atom stereocenters. The molecule has 0 bridgehead atoms. The van der Waals surface area contributed by atoms with Gasteiger partial charge in [0.25, 0.3) is 0 Å². The summed E-state index contributed by atoms with van der Waals surface area (Å²) in [6, 6.07) is 8.48. The van der Waals surface area contributed by atoms with Crippen molar-refractivity contribution in [2.45, 2.75) is 44.9 Å². The Hall–Kier alpha value is -0.980. The van der Waals surface area contributed by atoms with Crippen LogP contribution in [0, 0.1) is 5.92 Å². The van der Waals surface area contributed by atoms with Crippen molar-refractivity contribution in [2.75, 3.05) is 5.73 Å². The Morgan fingerprint density at radius 1 is 1.20 bits per heavy atom. The highest BCUT2D eigenvalue weighted by Crippen LogP contribution is 2.37. The lowest BCUT2D eigenvalue weighted by Gasteiger charge is -2.28. The van der Waals surface area contributed by atoms with Crippen molar-refractivity contribution in [1.29, 1.82) is 0 Å². The molecule has 0 heterocycles. The number of rotatable bonds is 2. The average Bonchev–Trinajstić information content (AvgIpc) is 2.30. The highest BCUT2D eigenvalue weighted by Gasteiger charge is 2.21. The van der Waals surface area contributed by atoms with Gasteiger partial charge in [-0.1, -0.05) is 38.3 Å². The van der Waals surface area contributed by atoms with Gasteiger partial charge in [0, 0.05) is 5.69 Å². The summed E-state index contributed by atoms with van der Waals surface area (Å²) in [6.07, 6.45) is 6.90. The standard InChI is InChI=1S/C14H21N/c1-2-11-4-3-5-13(10-11)12-6-8-14(15)9-7-12/h6-9,11,13H,2-5,10,15H2,1H3/t11-,13-/m1/s1. The first-order valence-electron chi connectivity index (χ1n) is 6.15. The van der Waals surface area contributed by atoms with Gasteiger partial charge in [-0.05, 0) is 42.4 Å². The molecule has 0 saturated heterocycles. The van der Waals surface area contributed by atoms with Gasteiger partial charge in [0.1, 0.15) is 0 Å². The topological polar surface area (TPSA) is 26.0 Å². The molecule has 0 radical (unpaired) electrons. The molecule has 0 unspecified atom stereocenters. The molecule has 1 fully saturated rings. The summed E-state index contributed by atoms with van der Waals surface area (Å²) in [7, 11) is 0. The van der Waals surface area contributed by atoms with Gasteiger partial charge in [-0.25, -0.2) is 0 Å². The van der Waals surface area contributed by atoms with Gasteiger partial charge in [-0.2, -0.15) is 0 Å². The Kier molecular flexibility index (Phi) is 3.30. The van der Waals surface area contributed by atoms with Crippen LogP contribution in [0.25, 0.3) is 0 Å². The van der Waals surface area contributed by atoms with Crippen molar-refractivity contribution in [3.8, 4) is 0 Å². The van der Waals surface area contributed by atoms with E-state index >= 15 is 0 Å². The van der Waals surface area contributed by atoms with Gasteiger partial charge in [0.15, 0.2) is 0 Å². The fourth-order valence-corrected chi connectivity index (χ4v) is 2.73. The molecule has 2 rings (SSSR count). The van der Waals surface area contributed by atoms with Gasteiger partial charge >= 0.3 is 0 Å². The van der Waals surface area contributed by atoms with E-state index in [4.69, 9.17) is 5.73 Å². The van der Waals surface area contributed by atoms with Crippen LogP contribution in [-0.4, -0.2) is 0 Å². The zero-order valence-electron chi connectivity index (χ0n) is 9.58. The maximum atomic E-state index is 5.71. The maximum absolute atomic E-state index is 5.71. The number of nitrogens with two attached hydrogens (primary N) is 1. The van der Waals surface area contributed by atoms with Crippen LogP contribution in [-0.2, 0) is 0 Å². The van der Waals surface area contributed by atoms with E-state index in [9.17, 15) is 0 Å². The number of hydrogen-bond acceptors (Lipinski definition) is 1. The SMILES string of the molecule is CC[C@@H]1CCC[C@@H](c2ccc(N)cc2)C1. The third kappa shape index (κ3) is 2.53. The second-order valence-electron chi connectivity index (χ2n) is 4.80. The molecule has 1 saturated carbocycles. The summed E-state index contributed by atoms with van der Waals surface area (Å²) in [5.74, 6) is 1.73. The molecular formula is C14H21N. The van der Waals surface area contributed by atoms with Crippen LogP contribution in [0.3, 0.4) is 0 Å². The fourth-order valence-electron chi connectivity index (χ4n) is 2.73. The molecule has 15 heavy (non-hydrogen) atoms. The largest absolute Gasteiger partial charge is 0.399 e. The fraction of sp³-hybridized carbons (Fsp3) is 0.571. The van der Waals surface area contributed by atoms with Gasteiger partial charge in [0.2, 0.25) is 0 Å². The van der Waals surface area contributed by atoms with Crippen LogP contribution in [0.15, 0.2) is 24.3 Å². The molecule has 1 heteroatoms. The third-order valence-electron chi connectivity index (χ3n) is 3.77. The van der Waals surface area contributed by atoms with E-state index in [-0.39, 0.29) is 0 Å². The first-order chi connectivity index (χ1) is 7.29. The lowest BCUT2D eigenvalue weighted by molar-refractivity contribution is 0.314. The van der Waals surface area contributed by atoms with E-state index < -0.39 is 0 Å². The monoisotopic (exact) mass is 203 g/mol. The summed E-state index contributed by atoms with van der Waals surface area (Å²) >= 11 is 0. The maximum Gasteiger partial charge on any atom is 0.0314 e. The summed E-state index contributed by atoms with van der Waals surface area (Å²) in [5.41, 5.74) is 8.07. The lowest BCUT2D eigenvalue weighted by atomic mass is 9.77. The minimum Gasteiger partial charge on any atom is -0.399 e. The van der Waals surface area contributed by atoms with Crippen LogP contribution in [0.1, 0.15) is 50.5 Å². The lowest BCUT2D eigenvalue weighted by Crippen LogP contribution is -2.13. The van der Waals surface area contributed by atoms with Crippen molar-refractivity contribution in [1.82, 2.24) is 0 Å². The molecule has 0 aliphatic heterocycles. The predicted molar refractivity (Wildman–Crippen MR) is 65.8 cm³/mol. The van der Waals surface area contributed by atoms with Crippen LogP contribution in [0.5, 0.6) is 0 Å². The van der Waals surface area contributed by atoms with Crippen molar-refractivity contribution < 1.29 is 0 Å². The second kappa shape index (κ2) is 4.69. The van der Waals surface area contributed by atoms with Gasteiger partial charge in [-0.3, -0.25) is 0 Å². The Morgan fingerprint density at radius 2 is 1.93 bits per heavy atom. The number of anilines is 1. The van der Waals surface area contributed by atoms with Crippen molar-refractivity contribution >= 4 is 5.69 Å². The molecule has 1 nitrogen and oxygen atoms in total. The number of benzene rings is 1. The molecule has 1 aliphatic rings. The van der Waals surface area contributed by atoms with E-state index in [0.29, 0.717) is 0 Å². The summed E-state index contributed by atoms with van der Waals surface area (Å²) in [6.45, 7) is 2.32. The van der Waals surface area contributed by atoms with Crippen LogP contribution in [0.2, 0.25) is 0 Å². The molecule has 0 aromatic heterocycles. The van der Waals surface area contributed by atoms with Crippen molar-refractivity contribution in [2.24, 2.45) is 5.92 Å². The highest BCUT2D eigenvalue weighted by atomic mass is 14.5. The van der Waals surface area contributed by atoms with E-state index in [1.54, 1.807) is 0 Å². The van der Waals surface area contributed by atoms with E-state index in [1.807, 2.05) is 12.1 Å². The summed E-state index contributed by atoms with van der Waals surface area (Å²) in [4.78, 5) is 0. The van der Waals surface area contributed by atoms with Crippen LogP contribution >= 0.6 is 0 Å². The number of nitrogen functional groups attached to an aromatic ring is 1. The molecule has 0 spiro atoms. The smallest absolute Gasteiger partial charge is 0.0314 e. The molecule has 1 aromatic carbocycles. The minimum absolute atomic E-state index is 0.782. The first kappa shape index (κ1) is 10.5. The van der Waals surface area contributed by atoms with E-state index in [1.165, 1.54) is 37.7 Å². The molecule has 1 aromatic rings. The van der Waals surface area contributed by atoms with Gasteiger partial charge in [-0.15, -0.1) is 0 Å². The highest BCUT2D eigenvalue weighted by molar-refractivity contribution is 5.40. The molecular weight excluding hydrogens is 182 g/mol. The second-order valence-corrected chi connectivity index (χ2v) is 4.80. The Morgan fingerprint density at radius 3 is 2.60 bits per heavy atom. The minimum atomic E-state index is 0.782. The zero-order valence-corrected chi connectivity index (χ0v) is 9.58. The van der Waals surface area contributed by atoms with Crippen molar-refractivity contribution in [3.05, 3.63) is 29.8 Å². The Balaban J connectivity index is 2.06. The number of hydrogen-bond donors (Lipinski definition) is 1. The summed E-state index contributed by atoms with van der Waals surface area (Å²) < 4.78 is 0. The predicted octanol–water partition coefficient (Wildman–Crippen LogP) is 3.95. The van der Waals surface area contributed by atoms with E-state index in [0.717, 1.165) is 17.5 Å². The first-order valence-corrected chi connectivity index (χ1v) is 6.15. The molecule has 82 valence electrons. The van der Waals surface area contributed by atoms with Crippen molar-refractivity contribution in [3.63, 3.8) is 0 Å². The summed E-state index contributed by atoms with van der Waals surface area (Å²) in [5, 5.41) is 0. The molecule has 0 amide bonds.